The van der Waals surface area contributed by atoms with Gasteiger partial charge in [0.25, 0.3) is 5.91 Å². The Morgan fingerprint density at radius 1 is 0.939 bits per heavy atom. The number of nitrogens with one attached hydrogen (secondary N) is 2. The van der Waals surface area contributed by atoms with Crippen molar-refractivity contribution >= 4 is 21.8 Å². The lowest BCUT2D eigenvalue weighted by molar-refractivity contribution is -0.124. The van der Waals surface area contributed by atoms with Crippen LogP contribution in [0.1, 0.15) is 62.1 Å². The lowest BCUT2D eigenvalue weighted by Crippen LogP contribution is -2.50. The summed E-state index contributed by atoms with van der Waals surface area (Å²) in [7, 11) is -3.54. The Balaban J connectivity index is 2.11. The molecule has 2 N–H and O–H groups in total. The summed E-state index contributed by atoms with van der Waals surface area (Å²) in [5.74, 6) is -0.711. The van der Waals surface area contributed by atoms with Gasteiger partial charge in [0.15, 0.2) is 0 Å². The fourth-order valence-corrected chi connectivity index (χ4v) is 5.03. The first kappa shape index (κ1) is 26.5. The monoisotopic (exact) mass is 473 g/mol. The van der Waals surface area contributed by atoms with E-state index in [1.807, 2.05) is 33.8 Å². The largest absolute Gasteiger partial charge is 0.348 e. The molecule has 2 atom stereocenters. The average Bonchev–Trinajstić information content (AvgIpc) is 2.77. The number of benzene rings is 2. The number of nitrogens with zero attached hydrogens (tertiary/aromatic N) is 1. The van der Waals surface area contributed by atoms with Crippen molar-refractivity contribution in [3.63, 3.8) is 0 Å². The number of carbonyl (C=O) groups is 2. The van der Waals surface area contributed by atoms with E-state index >= 15 is 0 Å². The first-order valence-corrected chi connectivity index (χ1v) is 12.7. The summed E-state index contributed by atoms with van der Waals surface area (Å²) in [6.07, 6.45) is 0. The fraction of sp³-hybridized carbons (Fsp3) is 0.440. The smallest absolute Gasteiger partial charge is 0.251 e. The van der Waals surface area contributed by atoms with Crippen LogP contribution in [0.3, 0.4) is 0 Å². The summed E-state index contributed by atoms with van der Waals surface area (Å²) < 4.78 is 26.7. The Kier molecular flexibility index (Phi) is 9.19. The summed E-state index contributed by atoms with van der Waals surface area (Å²) in [4.78, 5) is 25.8. The summed E-state index contributed by atoms with van der Waals surface area (Å²) in [6.45, 7) is 11.9. The number of hydrogen-bond acceptors (Lipinski definition) is 4. The molecule has 2 aromatic rings. The Bertz CT molecular complexity index is 1060. The van der Waals surface area contributed by atoms with E-state index in [0.717, 1.165) is 11.1 Å². The second kappa shape index (κ2) is 11.4. The molecule has 2 amide bonds. The molecule has 0 aliphatic carbocycles. The van der Waals surface area contributed by atoms with Crippen molar-refractivity contribution < 1.29 is 18.0 Å². The molecule has 0 heterocycles. The third kappa shape index (κ3) is 6.65. The highest BCUT2D eigenvalue weighted by atomic mass is 32.2. The van der Waals surface area contributed by atoms with E-state index in [-0.39, 0.29) is 28.7 Å². The number of sulfonamides is 1. The summed E-state index contributed by atoms with van der Waals surface area (Å²) in [5, 5.41) is 5.77. The molecule has 33 heavy (non-hydrogen) atoms. The molecule has 8 heteroatoms. The molecular weight excluding hydrogens is 438 g/mol. The van der Waals surface area contributed by atoms with Gasteiger partial charge in [0.1, 0.15) is 6.04 Å². The van der Waals surface area contributed by atoms with Crippen molar-refractivity contribution in [1.29, 1.82) is 0 Å². The van der Waals surface area contributed by atoms with Crippen molar-refractivity contribution in [1.82, 2.24) is 14.9 Å². The maximum Gasteiger partial charge on any atom is 0.251 e. The molecule has 180 valence electrons. The molecule has 0 spiro atoms. The molecule has 2 aromatic carbocycles. The predicted octanol–water partition coefficient (Wildman–Crippen LogP) is 3.66. The van der Waals surface area contributed by atoms with Gasteiger partial charge in [-0.3, -0.25) is 9.59 Å². The zero-order chi connectivity index (χ0) is 24.8. The second-order valence-corrected chi connectivity index (χ2v) is 10.4. The van der Waals surface area contributed by atoms with Crippen LogP contribution in [-0.2, 0) is 14.8 Å². The number of aryl methyl sites for hydroxylation is 1. The second-order valence-electron chi connectivity index (χ2n) is 8.45. The average molecular weight is 474 g/mol. The molecule has 1 unspecified atom stereocenters. The van der Waals surface area contributed by atoms with Gasteiger partial charge in [-0.1, -0.05) is 57.5 Å². The fourth-order valence-electron chi connectivity index (χ4n) is 3.57. The van der Waals surface area contributed by atoms with Crippen LogP contribution in [0, 0.1) is 12.8 Å². The minimum atomic E-state index is -3.54. The van der Waals surface area contributed by atoms with Crippen LogP contribution >= 0.6 is 0 Å². The molecule has 0 saturated carbocycles. The van der Waals surface area contributed by atoms with Gasteiger partial charge in [-0.2, -0.15) is 4.31 Å². The molecule has 0 radical (unpaired) electrons. The first-order chi connectivity index (χ1) is 15.5. The molecule has 0 fully saturated rings. The quantitative estimate of drug-likeness (QED) is 0.551. The highest BCUT2D eigenvalue weighted by Gasteiger charge is 2.26. The van der Waals surface area contributed by atoms with E-state index < -0.39 is 16.1 Å². The maximum absolute atomic E-state index is 13.0. The third-order valence-corrected chi connectivity index (χ3v) is 7.66. The molecule has 0 bridgehead atoms. The molecule has 2 rings (SSSR count). The van der Waals surface area contributed by atoms with E-state index in [2.05, 4.69) is 10.6 Å². The van der Waals surface area contributed by atoms with E-state index in [0.29, 0.717) is 18.7 Å². The highest BCUT2D eigenvalue weighted by molar-refractivity contribution is 7.89. The SMILES string of the molecule is CCN(CC)S(=O)(=O)c1ccc(C(C)NC(=O)[C@@H](NC(=O)c2cccc(C)c2)C(C)C)cc1. The first-order valence-electron chi connectivity index (χ1n) is 11.3. The van der Waals surface area contributed by atoms with Gasteiger partial charge in [0, 0.05) is 18.7 Å². The molecule has 7 nitrogen and oxygen atoms in total. The Labute approximate surface area is 197 Å². The molecule has 0 aromatic heterocycles. The maximum atomic E-state index is 13.0. The molecule has 0 aliphatic heterocycles. The summed E-state index contributed by atoms with van der Waals surface area (Å²) in [5.41, 5.74) is 2.24. The van der Waals surface area contributed by atoms with Crippen LogP contribution in [0.2, 0.25) is 0 Å². The van der Waals surface area contributed by atoms with Crippen molar-refractivity contribution in [2.45, 2.75) is 58.5 Å². The van der Waals surface area contributed by atoms with Gasteiger partial charge in [0.05, 0.1) is 10.9 Å². The van der Waals surface area contributed by atoms with Crippen LogP contribution in [0.25, 0.3) is 0 Å². The van der Waals surface area contributed by atoms with E-state index in [9.17, 15) is 18.0 Å². The highest BCUT2D eigenvalue weighted by Crippen LogP contribution is 2.20. The Morgan fingerprint density at radius 3 is 2.06 bits per heavy atom. The molecule has 0 aliphatic rings. The number of amides is 2. The van der Waals surface area contributed by atoms with Gasteiger partial charge in [-0.25, -0.2) is 8.42 Å². The van der Waals surface area contributed by atoms with Gasteiger partial charge in [-0.15, -0.1) is 0 Å². The molecule has 0 saturated heterocycles. The van der Waals surface area contributed by atoms with Crippen LogP contribution in [0.15, 0.2) is 53.4 Å². The predicted molar refractivity (Wildman–Crippen MR) is 130 cm³/mol. The summed E-state index contributed by atoms with van der Waals surface area (Å²) in [6, 6.07) is 12.7. The Morgan fingerprint density at radius 2 is 1.55 bits per heavy atom. The van der Waals surface area contributed by atoms with Crippen molar-refractivity contribution in [2.75, 3.05) is 13.1 Å². The van der Waals surface area contributed by atoms with E-state index in [1.165, 1.54) is 4.31 Å². The lowest BCUT2D eigenvalue weighted by Gasteiger charge is -2.24. The third-order valence-electron chi connectivity index (χ3n) is 5.60. The van der Waals surface area contributed by atoms with Gasteiger partial charge in [-0.05, 0) is 49.6 Å². The number of carbonyl (C=O) groups excluding carboxylic acids is 2. The zero-order valence-corrected chi connectivity index (χ0v) is 21.1. The van der Waals surface area contributed by atoms with Crippen LogP contribution in [-0.4, -0.2) is 43.7 Å². The van der Waals surface area contributed by atoms with Crippen molar-refractivity contribution in [3.05, 3.63) is 65.2 Å². The van der Waals surface area contributed by atoms with Crippen molar-refractivity contribution in [2.24, 2.45) is 5.92 Å². The number of hydrogen-bond donors (Lipinski definition) is 2. The van der Waals surface area contributed by atoms with Gasteiger partial charge < -0.3 is 10.6 Å². The minimum Gasteiger partial charge on any atom is -0.348 e. The van der Waals surface area contributed by atoms with Crippen LogP contribution < -0.4 is 10.6 Å². The standard InChI is InChI=1S/C25H35N3O4S/c1-7-28(8-2)33(31,32)22-14-12-20(13-15-22)19(6)26-25(30)23(17(3)4)27-24(29)21-11-9-10-18(5)16-21/h9-17,19,23H,7-8H2,1-6H3,(H,26,30)(H,27,29)/t19?,23-/m0/s1. The van der Waals surface area contributed by atoms with Gasteiger partial charge in [0.2, 0.25) is 15.9 Å². The normalized spacial score (nSPS) is 13.6. The zero-order valence-electron chi connectivity index (χ0n) is 20.3. The van der Waals surface area contributed by atoms with Gasteiger partial charge >= 0.3 is 0 Å². The molecular formula is C25H35N3O4S. The minimum absolute atomic E-state index is 0.118. The summed E-state index contributed by atoms with van der Waals surface area (Å²) >= 11 is 0. The van der Waals surface area contributed by atoms with Crippen LogP contribution in [0.5, 0.6) is 0 Å². The Hall–Kier alpha value is -2.71. The van der Waals surface area contributed by atoms with E-state index in [1.54, 1.807) is 56.3 Å². The van der Waals surface area contributed by atoms with Crippen LogP contribution in [0.4, 0.5) is 0 Å². The van der Waals surface area contributed by atoms with Crippen molar-refractivity contribution in [3.8, 4) is 0 Å². The topological polar surface area (TPSA) is 95.6 Å². The van der Waals surface area contributed by atoms with E-state index in [4.69, 9.17) is 0 Å². The number of rotatable bonds is 10. The lowest BCUT2D eigenvalue weighted by atomic mass is 10.0.